The summed E-state index contributed by atoms with van der Waals surface area (Å²) in [5.74, 6) is 0. The molecule has 1 fully saturated rings. The minimum atomic E-state index is -1.40. The fourth-order valence-electron chi connectivity index (χ4n) is 3.16. The molecule has 1 rings (SSSR count). The van der Waals surface area contributed by atoms with Crippen LogP contribution in [-0.2, 0) is 0 Å². The topological polar surface area (TPSA) is 114 Å². The number of aliphatic hydroxyl groups excluding tert-OH is 3. The van der Waals surface area contributed by atoms with Gasteiger partial charge in [0.15, 0.2) is 0 Å². The molecule has 1 heterocycles. The maximum atomic E-state index is 12.0. The number of rotatable bonds is 5. The van der Waals surface area contributed by atoms with E-state index in [1.165, 1.54) is 0 Å². The zero-order valence-electron chi connectivity index (χ0n) is 13.4. The van der Waals surface area contributed by atoms with Crippen molar-refractivity contribution in [1.82, 2.24) is 16.0 Å². The van der Waals surface area contributed by atoms with Crippen LogP contribution in [0.15, 0.2) is 0 Å². The van der Waals surface area contributed by atoms with Crippen molar-refractivity contribution in [2.24, 2.45) is 0 Å². The van der Waals surface area contributed by atoms with Gasteiger partial charge in [-0.15, -0.1) is 0 Å². The lowest BCUT2D eigenvalue weighted by Gasteiger charge is -2.46. The molecule has 1 saturated heterocycles. The predicted octanol–water partition coefficient (Wildman–Crippen LogP) is -0.689. The summed E-state index contributed by atoms with van der Waals surface area (Å²) in [5, 5.41) is 36.5. The van der Waals surface area contributed by atoms with Crippen LogP contribution < -0.4 is 16.0 Å². The van der Waals surface area contributed by atoms with E-state index >= 15 is 0 Å². The van der Waals surface area contributed by atoms with E-state index in [4.69, 9.17) is 0 Å². The molecular weight excluding hydrogens is 274 g/mol. The Morgan fingerprint density at radius 1 is 1.10 bits per heavy atom. The maximum Gasteiger partial charge on any atom is 0.315 e. The molecule has 0 atom stereocenters. The van der Waals surface area contributed by atoms with Gasteiger partial charge in [0, 0.05) is 17.1 Å². The highest BCUT2D eigenvalue weighted by Gasteiger charge is 2.39. The third-order valence-electron chi connectivity index (χ3n) is 3.81. The molecule has 21 heavy (non-hydrogen) atoms. The second-order valence-electron chi connectivity index (χ2n) is 7.35. The minimum Gasteiger partial charge on any atom is -0.394 e. The molecule has 7 nitrogen and oxygen atoms in total. The zero-order valence-corrected chi connectivity index (χ0v) is 13.4. The lowest BCUT2D eigenvalue weighted by atomic mass is 9.79. The molecule has 0 aromatic carbocycles. The second-order valence-corrected chi connectivity index (χ2v) is 7.35. The molecule has 0 aromatic heterocycles. The van der Waals surface area contributed by atoms with Gasteiger partial charge in [0.2, 0.25) is 0 Å². The van der Waals surface area contributed by atoms with E-state index < -0.39 is 31.4 Å². The van der Waals surface area contributed by atoms with Crippen molar-refractivity contribution in [1.29, 1.82) is 0 Å². The van der Waals surface area contributed by atoms with Gasteiger partial charge in [-0.2, -0.15) is 0 Å². The first kappa shape index (κ1) is 18.2. The number of hydrogen-bond acceptors (Lipinski definition) is 5. The lowest BCUT2D eigenvalue weighted by Crippen LogP contribution is -2.65. The molecule has 1 aliphatic rings. The van der Waals surface area contributed by atoms with Crippen LogP contribution in [-0.4, -0.2) is 63.8 Å². The van der Waals surface area contributed by atoms with E-state index in [1.54, 1.807) is 0 Å². The van der Waals surface area contributed by atoms with E-state index in [0.29, 0.717) is 0 Å². The molecule has 6 N–H and O–H groups in total. The molecule has 0 bridgehead atoms. The maximum absolute atomic E-state index is 12.0. The molecule has 0 radical (unpaired) electrons. The van der Waals surface area contributed by atoms with Crippen LogP contribution >= 0.6 is 0 Å². The van der Waals surface area contributed by atoms with Crippen LogP contribution in [0.2, 0.25) is 0 Å². The van der Waals surface area contributed by atoms with Crippen molar-refractivity contribution in [2.45, 2.75) is 63.2 Å². The van der Waals surface area contributed by atoms with Gasteiger partial charge in [-0.25, -0.2) is 4.79 Å². The first-order chi connectivity index (χ1) is 9.57. The fourth-order valence-corrected chi connectivity index (χ4v) is 3.16. The summed E-state index contributed by atoms with van der Waals surface area (Å²) in [4.78, 5) is 12.0. The Kier molecular flexibility index (Phi) is 5.60. The quantitative estimate of drug-likeness (QED) is 0.402. The van der Waals surface area contributed by atoms with Crippen LogP contribution in [0.4, 0.5) is 4.79 Å². The summed E-state index contributed by atoms with van der Waals surface area (Å²) in [6.45, 7) is 6.74. The van der Waals surface area contributed by atoms with Gasteiger partial charge in [0.1, 0.15) is 5.54 Å². The zero-order chi connectivity index (χ0) is 16.3. The Morgan fingerprint density at radius 2 is 1.52 bits per heavy atom. The van der Waals surface area contributed by atoms with Gasteiger partial charge in [-0.1, -0.05) is 0 Å². The smallest absolute Gasteiger partial charge is 0.315 e. The normalized spacial score (nSPS) is 21.9. The molecule has 2 amide bonds. The monoisotopic (exact) mass is 303 g/mol. The highest BCUT2D eigenvalue weighted by molar-refractivity contribution is 5.75. The third-order valence-corrected chi connectivity index (χ3v) is 3.81. The Hall–Kier alpha value is -0.890. The Morgan fingerprint density at radius 3 is 1.90 bits per heavy atom. The molecule has 0 saturated carbocycles. The van der Waals surface area contributed by atoms with Crippen molar-refractivity contribution in [3.8, 4) is 0 Å². The van der Waals surface area contributed by atoms with E-state index in [9.17, 15) is 20.1 Å². The number of amides is 2. The highest BCUT2D eigenvalue weighted by Crippen LogP contribution is 2.28. The Bertz CT molecular complexity index is 343. The number of hydrogen-bond donors (Lipinski definition) is 6. The van der Waals surface area contributed by atoms with E-state index in [2.05, 4.69) is 43.6 Å². The van der Waals surface area contributed by atoms with Crippen LogP contribution in [0.5, 0.6) is 0 Å². The molecule has 0 aromatic rings. The van der Waals surface area contributed by atoms with Crippen molar-refractivity contribution in [3.63, 3.8) is 0 Å². The predicted molar refractivity (Wildman–Crippen MR) is 80.0 cm³/mol. The molecule has 0 spiro atoms. The average Bonchev–Trinajstić information content (AvgIpc) is 2.32. The van der Waals surface area contributed by atoms with Crippen LogP contribution in [0.3, 0.4) is 0 Å². The van der Waals surface area contributed by atoms with E-state index in [1.807, 2.05) is 0 Å². The summed E-state index contributed by atoms with van der Waals surface area (Å²) in [6.07, 6.45) is 1.54. The first-order valence-corrected chi connectivity index (χ1v) is 7.28. The van der Waals surface area contributed by atoms with Crippen molar-refractivity contribution >= 4 is 6.03 Å². The first-order valence-electron chi connectivity index (χ1n) is 7.28. The summed E-state index contributed by atoms with van der Waals surface area (Å²) >= 11 is 0. The largest absolute Gasteiger partial charge is 0.394 e. The lowest BCUT2D eigenvalue weighted by molar-refractivity contribution is 0.0481. The van der Waals surface area contributed by atoms with Crippen molar-refractivity contribution < 1.29 is 20.1 Å². The second kappa shape index (κ2) is 6.48. The number of nitrogens with one attached hydrogen (secondary N) is 3. The number of aliphatic hydroxyl groups is 3. The number of carbonyl (C=O) groups excluding carboxylic acids is 1. The summed E-state index contributed by atoms with van der Waals surface area (Å²) < 4.78 is 0. The van der Waals surface area contributed by atoms with Gasteiger partial charge in [-0.05, 0) is 40.5 Å². The molecule has 124 valence electrons. The van der Waals surface area contributed by atoms with Crippen LogP contribution in [0.25, 0.3) is 0 Å². The van der Waals surface area contributed by atoms with Crippen LogP contribution in [0.1, 0.15) is 40.5 Å². The summed E-state index contributed by atoms with van der Waals surface area (Å²) in [5.41, 5.74) is -1.59. The molecule has 0 aliphatic carbocycles. The van der Waals surface area contributed by atoms with E-state index in [-0.39, 0.29) is 17.1 Å². The van der Waals surface area contributed by atoms with Gasteiger partial charge < -0.3 is 31.3 Å². The van der Waals surface area contributed by atoms with Gasteiger partial charge in [0.25, 0.3) is 0 Å². The van der Waals surface area contributed by atoms with Crippen LogP contribution in [0, 0.1) is 0 Å². The number of urea groups is 1. The number of piperidine rings is 1. The standard InChI is InChI=1S/C14H29N3O4/c1-12(2)5-10(6-13(3,4)17-12)15-11(21)16-14(7-18,8-19)9-20/h10,17-20H,5-9H2,1-4H3,(H2,15,16,21). The van der Waals surface area contributed by atoms with Crippen molar-refractivity contribution in [3.05, 3.63) is 0 Å². The van der Waals surface area contributed by atoms with Gasteiger partial charge >= 0.3 is 6.03 Å². The molecular formula is C14H29N3O4. The highest BCUT2D eigenvalue weighted by atomic mass is 16.3. The van der Waals surface area contributed by atoms with E-state index in [0.717, 1.165) is 12.8 Å². The van der Waals surface area contributed by atoms with Crippen molar-refractivity contribution in [2.75, 3.05) is 19.8 Å². The summed E-state index contributed by atoms with van der Waals surface area (Å²) in [6, 6.07) is -0.518. The average molecular weight is 303 g/mol. The third kappa shape index (κ3) is 5.10. The molecule has 1 aliphatic heterocycles. The number of carbonyl (C=O) groups is 1. The Labute approximate surface area is 126 Å². The minimum absolute atomic E-state index is 0.0231. The summed E-state index contributed by atoms with van der Waals surface area (Å²) in [7, 11) is 0. The van der Waals surface area contributed by atoms with Gasteiger partial charge in [-0.3, -0.25) is 0 Å². The Balaban J connectivity index is 2.66. The molecule has 7 heteroatoms. The molecule has 0 unspecified atom stereocenters. The SMILES string of the molecule is CC1(C)CC(NC(=O)NC(CO)(CO)CO)CC(C)(C)N1. The fraction of sp³-hybridized carbons (Fsp3) is 0.929. The van der Waals surface area contributed by atoms with Gasteiger partial charge in [0.05, 0.1) is 19.8 Å².